The molecule has 1 N–H and O–H groups in total. The molecule has 0 bridgehead atoms. The van der Waals surface area contributed by atoms with E-state index in [1.54, 1.807) is 30.3 Å². The fraction of sp³-hybridized carbons (Fsp3) is 0.350. The summed E-state index contributed by atoms with van der Waals surface area (Å²) in [6.45, 7) is 3.28. The number of esters is 2. The van der Waals surface area contributed by atoms with Crippen LogP contribution in [0.25, 0.3) is 11.3 Å². The van der Waals surface area contributed by atoms with Crippen LogP contribution in [0.15, 0.2) is 40.8 Å². The molecule has 0 saturated heterocycles. The second-order valence-corrected chi connectivity index (χ2v) is 6.90. The van der Waals surface area contributed by atoms with E-state index in [2.05, 4.69) is 10.1 Å². The smallest absolute Gasteiger partial charge is 0.374 e. The fourth-order valence-electron chi connectivity index (χ4n) is 2.52. The standard InChI is InChI=1S/C20H22ClNO6/c1-12(2)10-15(19(24)26-3)22-18(23)11-27-20(25)17-9-8-16(28-17)13-6-4-5-7-14(13)21/h4-9,12,15H,10-11H2,1-3H3,(H,22,23)/t15-/m1/s1. The van der Waals surface area contributed by atoms with Gasteiger partial charge in [-0.1, -0.05) is 37.6 Å². The topological polar surface area (TPSA) is 94.8 Å². The summed E-state index contributed by atoms with van der Waals surface area (Å²) in [5, 5.41) is 2.99. The predicted molar refractivity (Wildman–Crippen MR) is 103 cm³/mol. The zero-order valence-electron chi connectivity index (χ0n) is 15.9. The van der Waals surface area contributed by atoms with Crippen molar-refractivity contribution in [2.45, 2.75) is 26.3 Å². The minimum absolute atomic E-state index is 0.0607. The maximum Gasteiger partial charge on any atom is 0.374 e. The molecule has 8 heteroatoms. The Morgan fingerprint density at radius 1 is 1.14 bits per heavy atom. The van der Waals surface area contributed by atoms with Crippen molar-refractivity contribution in [2.24, 2.45) is 5.92 Å². The van der Waals surface area contributed by atoms with Crippen LogP contribution in [0.5, 0.6) is 0 Å². The average Bonchev–Trinajstić information content (AvgIpc) is 3.15. The highest BCUT2D eigenvalue weighted by atomic mass is 35.5. The van der Waals surface area contributed by atoms with E-state index < -0.39 is 30.5 Å². The number of hydrogen-bond donors (Lipinski definition) is 1. The fourth-order valence-corrected chi connectivity index (χ4v) is 2.75. The average molecular weight is 408 g/mol. The molecule has 1 aromatic heterocycles. The summed E-state index contributed by atoms with van der Waals surface area (Å²) in [6, 6.07) is 9.27. The van der Waals surface area contributed by atoms with E-state index >= 15 is 0 Å². The molecule has 7 nitrogen and oxygen atoms in total. The monoisotopic (exact) mass is 407 g/mol. The molecular formula is C20H22ClNO6. The number of halogens is 1. The highest BCUT2D eigenvalue weighted by molar-refractivity contribution is 6.33. The quantitative estimate of drug-likeness (QED) is 0.673. The summed E-state index contributed by atoms with van der Waals surface area (Å²) in [7, 11) is 1.25. The van der Waals surface area contributed by atoms with Crippen LogP contribution < -0.4 is 5.32 Å². The number of amides is 1. The van der Waals surface area contributed by atoms with Gasteiger partial charge in [0.1, 0.15) is 11.8 Å². The number of carbonyl (C=O) groups is 3. The molecule has 2 rings (SSSR count). The van der Waals surface area contributed by atoms with Gasteiger partial charge in [-0.15, -0.1) is 0 Å². The number of rotatable bonds is 8. The zero-order valence-corrected chi connectivity index (χ0v) is 16.6. The molecule has 28 heavy (non-hydrogen) atoms. The molecule has 2 aromatic rings. The Kier molecular flexibility index (Phi) is 7.63. The minimum Gasteiger partial charge on any atom is -0.467 e. The largest absolute Gasteiger partial charge is 0.467 e. The van der Waals surface area contributed by atoms with Gasteiger partial charge in [0.05, 0.1) is 12.1 Å². The Labute approximate surface area is 167 Å². The Hall–Kier alpha value is -2.80. The molecule has 1 heterocycles. The molecule has 0 unspecified atom stereocenters. The van der Waals surface area contributed by atoms with E-state index in [0.717, 1.165) is 0 Å². The number of nitrogens with one attached hydrogen (secondary N) is 1. The van der Waals surface area contributed by atoms with Crippen molar-refractivity contribution >= 4 is 29.4 Å². The Morgan fingerprint density at radius 2 is 1.86 bits per heavy atom. The van der Waals surface area contributed by atoms with Gasteiger partial charge in [-0.25, -0.2) is 9.59 Å². The van der Waals surface area contributed by atoms with Crippen LogP contribution in [0.4, 0.5) is 0 Å². The van der Waals surface area contributed by atoms with Gasteiger partial charge in [-0.2, -0.15) is 0 Å². The maximum atomic E-state index is 12.1. The normalized spacial score (nSPS) is 11.8. The molecule has 0 spiro atoms. The van der Waals surface area contributed by atoms with Gasteiger partial charge in [0.15, 0.2) is 6.61 Å². The summed E-state index contributed by atoms with van der Waals surface area (Å²) in [4.78, 5) is 35.9. The molecule has 1 aromatic carbocycles. The maximum absolute atomic E-state index is 12.1. The van der Waals surface area contributed by atoms with Gasteiger partial charge in [0, 0.05) is 5.56 Å². The lowest BCUT2D eigenvalue weighted by Crippen LogP contribution is -2.44. The first kappa shape index (κ1) is 21.5. The molecule has 0 radical (unpaired) electrons. The molecular weight excluding hydrogens is 386 g/mol. The highest BCUT2D eigenvalue weighted by Crippen LogP contribution is 2.29. The predicted octanol–water partition coefficient (Wildman–Crippen LogP) is 3.46. The van der Waals surface area contributed by atoms with E-state index in [1.807, 2.05) is 13.8 Å². The summed E-state index contributed by atoms with van der Waals surface area (Å²) in [6.07, 6.45) is 0.408. The second-order valence-electron chi connectivity index (χ2n) is 6.49. The lowest BCUT2D eigenvalue weighted by atomic mass is 10.0. The van der Waals surface area contributed by atoms with Crippen molar-refractivity contribution in [3.63, 3.8) is 0 Å². The van der Waals surface area contributed by atoms with Gasteiger partial charge in [-0.05, 0) is 36.6 Å². The van der Waals surface area contributed by atoms with Gasteiger partial charge in [0.2, 0.25) is 5.76 Å². The number of ether oxygens (including phenoxy) is 2. The first-order chi connectivity index (χ1) is 13.3. The minimum atomic E-state index is -0.799. The third-order valence-electron chi connectivity index (χ3n) is 3.81. The molecule has 0 aliphatic rings. The van der Waals surface area contributed by atoms with Crippen molar-refractivity contribution in [3.8, 4) is 11.3 Å². The van der Waals surface area contributed by atoms with E-state index in [-0.39, 0.29) is 11.7 Å². The Balaban J connectivity index is 1.94. The number of carbonyl (C=O) groups excluding carboxylic acids is 3. The Bertz CT molecular complexity index is 845. The summed E-state index contributed by atoms with van der Waals surface area (Å²) >= 11 is 6.11. The third-order valence-corrected chi connectivity index (χ3v) is 4.14. The molecule has 150 valence electrons. The first-order valence-corrected chi connectivity index (χ1v) is 9.08. The lowest BCUT2D eigenvalue weighted by molar-refractivity contribution is -0.145. The number of methoxy groups -OCH3 is 1. The van der Waals surface area contributed by atoms with E-state index in [0.29, 0.717) is 22.8 Å². The van der Waals surface area contributed by atoms with Crippen LogP contribution >= 0.6 is 11.6 Å². The zero-order chi connectivity index (χ0) is 20.7. The van der Waals surface area contributed by atoms with Crippen LogP contribution in [-0.2, 0) is 19.1 Å². The number of hydrogen-bond acceptors (Lipinski definition) is 6. The van der Waals surface area contributed by atoms with Gasteiger partial charge >= 0.3 is 11.9 Å². The van der Waals surface area contributed by atoms with Crippen LogP contribution in [-0.4, -0.2) is 37.6 Å². The molecule has 1 atom stereocenters. The second kappa shape index (κ2) is 9.94. The third kappa shape index (κ3) is 5.85. The van der Waals surface area contributed by atoms with Crippen molar-refractivity contribution in [1.29, 1.82) is 0 Å². The summed E-state index contributed by atoms with van der Waals surface area (Å²) < 4.78 is 15.1. The van der Waals surface area contributed by atoms with E-state index in [1.165, 1.54) is 13.2 Å². The number of furan rings is 1. The van der Waals surface area contributed by atoms with Gasteiger partial charge in [-0.3, -0.25) is 4.79 Å². The highest BCUT2D eigenvalue weighted by Gasteiger charge is 2.23. The van der Waals surface area contributed by atoms with E-state index in [9.17, 15) is 14.4 Å². The number of benzene rings is 1. The molecule has 0 aliphatic heterocycles. The Morgan fingerprint density at radius 3 is 2.50 bits per heavy atom. The lowest BCUT2D eigenvalue weighted by Gasteiger charge is -2.18. The van der Waals surface area contributed by atoms with Crippen molar-refractivity contribution < 1.29 is 28.3 Å². The molecule has 0 fully saturated rings. The first-order valence-electron chi connectivity index (χ1n) is 8.70. The summed E-state index contributed by atoms with van der Waals surface area (Å²) in [5.41, 5.74) is 0.635. The van der Waals surface area contributed by atoms with Crippen LogP contribution in [0, 0.1) is 5.92 Å². The SMILES string of the molecule is COC(=O)[C@@H](CC(C)C)NC(=O)COC(=O)c1ccc(-c2ccccc2Cl)o1. The summed E-state index contributed by atoms with van der Waals surface area (Å²) in [5.74, 6) is -1.45. The molecule has 0 aliphatic carbocycles. The van der Waals surface area contributed by atoms with Gasteiger partial charge in [0.25, 0.3) is 5.91 Å². The van der Waals surface area contributed by atoms with Gasteiger partial charge < -0.3 is 19.2 Å². The van der Waals surface area contributed by atoms with Crippen molar-refractivity contribution in [2.75, 3.05) is 13.7 Å². The van der Waals surface area contributed by atoms with Crippen LogP contribution in [0.2, 0.25) is 5.02 Å². The van der Waals surface area contributed by atoms with E-state index in [4.69, 9.17) is 20.8 Å². The van der Waals surface area contributed by atoms with Crippen LogP contribution in [0.1, 0.15) is 30.8 Å². The van der Waals surface area contributed by atoms with Crippen molar-refractivity contribution in [3.05, 3.63) is 47.2 Å². The van der Waals surface area contributed by atoms with Crippen LogP contribution in [0.3, 0.4) is 0 Å². The molecule has 1 amide bonds. The molecule has 0 saturated carbocycles. The van der Waals surface area contributed by atoms with Crippen molar-refractivity contribution in [1.82, 2.24) is 5.32 Å².